The number of halogens is 1. The van der Waals surface area contributed by atoms with Crippen LogP contribution >= 0.6 is 22.6 Å². The van der Waals surface area contributed by atoms with Crippen LogP contribution in [0.1, 0.15) is 26.7 Å². The highest BCUT2D eigenvalue weighted by Gasteiger charge is 2.26. The minimum Gasteiger partial charge on any atom is -0.484 e. The molecule has 1 saturated carbocycles. The Bertz CT molecular complexity index is 350. The first-order chi connectivity index (χ1) is 7.16. The molecule has 0 spiro atoms. The molecule has 3 nitrogen and oxygen atoms in total. The number of ether oxygens (including phenoxy) is 2. The third-order valence-electron chi connectivity index (χ3n) is 1.98. The summed E-state index contributed by atoms with van der Waals surface area (Å²) < 4.78 is 12.5. The Morgan fingerprint density at radius 3 is 2.80 bits per heavy atom. The molecule has 1 aliphatic carbocycles. The number of hydrogen-bond acceptors (Lipinski definition) is 3. The maximum absolute atomic E-state index is 5.79. The molecule has 82 valence electrons. The van der Waals surface area contributed by atoms with E-state index in [2.05, 4.69) is 27.6 Å². The molecular formula is C11H14INO2. The van der Waals surface area contributed by atoms with E-state index in [1.54, 1.807) is 6.20 Å². The average Bonchev–Trinajstić information content (AvgIpc) is 2.94. The maximum atomic E-state index is 5.79. The molecule has 1 aliphatic rings. The third kappa shape index (κ3) is 2.96. The second-order valence-corrected chi connectivity index (χ2v) is 5.07. The van der Waals surface area contributed by atoms with Crippen molar-refractivity contribution < 1.29 is 9.47 Å². The Morgan fingerprint density at radius 2 is 2.20 bits per heavy atom. The van der Waals surface area contributed by atoms with E-state index in [0.29, 0.717) is 12.0 Å². The normalized spacial score (nSPS) is 15.5. The van der Waals surface area contributed by atoms with Crippen LogP contribution in [0.4, 0.5) is 0 Å². The van der Waals surface area contributed by atoms with Crippen LogP contribution in [0.15, 0.2) is 12.3 Å². The highest BCUT2D eigenvalue weighted by molar-refractivity contribution is 14.1. The van der Waals surface area contributed by atoms with Gasteiger partial charge in [-0.3, -0.25) is 0 Å². The van der Waals surface area contributed by atoms with Crippen LogP contribution in [0.25, 0.3) is 0 Å². The number of aromatic nitrogens is 1. The van der Waals surface area contributed by atoms with Gasteiger partial charge in [-0.05, 0) is 55.3 Å². The van der Waals surface area contributed by atoms with Crippen LogP contribution in [-0.4, -0.2) is 17.2 Å². The quantitative estimate of drug-likeness (QED) is 0.800. The number of nitrogens with zero attached hydrogens (tertiary/aromatic N) is 1. The van der Waals surface area contributed by atoms with Gasteiger partial charge < -0.3 is 9.47 Å². The first-order valence-corrected chi connectivity index (χ1v) is 6.22. The van der Waals surface area contributed by atoms with Crippen molar-refractivity contribution in [3.05, 3.63) is 15.8 Å². The largest absolute Gasteiger partial charge is 0.484 e. The van der Waals surface area contributed by atoms with Gasteiger partial charge in [0.1, 0.15) is 0 Å². The van der Waals surface area contributed by atoms with E-state index in [1.165, 1.54) is 0 Å². The smallest absolute Gasteiger partial charge is 0.258 e. The summed E-state index contributed by atoms with van der Waals surface area (Å²) in [7, 11) is 0. The van der Waals surface area contributed by atoms with Gasteiger partial charge in [0, 0.05) is 6.20 Å². The van der Waals surface area contributed by atoms with E-state index in [4.69, 9.17) is 9.47 Å². The minimum atomic E-state index is 0.122. The molecule has 0 bridgehead atoms. The summed E-state index contributed by atoms with van der Waals surface area (Å²) in [6.45, 7) is 3.98. The van der Waals surface area contributed by atoms with Crippen molar-refractivity contribution in [3.63, 3.8) is 0 Å². The molecule has 0 aliphatic heterocycles. The molecule has 0 atom stereocenters. The van der Waals surface area contributed by atoms with Gasteiger partial charge in [-0.15, -0.1) is 0 Å². The van der Waals surface area contributed by atoms with Crippen LogP contribution in [0.5, 0.6) is 11.6 Å². The summed E-state index contributed by atoms with van der Waals surface area (Å²) >= 11 is 2.25. The van der Waals surface area contributed by atoms with E-state index < -0.39 is 0 Å². The molecule has 0 unspecified atom stereocenters. The zero-order valence-corrected chi connectivity index (χ0v) is 11.0. The topological polar surface area (TPSA) is 31.4 Å². The lowest BCUT2D eigenvalue weighted by molar-refractivity contribution is 0.207. The van der Waals surface area contributed by atoms with Gasteiger partial charge in [-0.1, -0.05) is 0 Å². The molecule has 15 heavy (non-hydrogen) atoms. The van der Waals surface area contributed by atoms with E-state index in [-0.39, 0.29) is 6.10 Å². The predicted octanol–water partition coefficient (Wildman–Crippen LogP) is 3.01. The lowest BCUT2D eigenvalue weighted by atomic mass is 10.4. The monoisotopic (exact) mass is 319 g/mol. The van der Waals surface area contributed by atoms with Crippen molar-refractivity contribution in [1.29, 1.82) is 0 Å². The number of hydrogen-bond donors (Lipinski definition) is 0. The molecule has 2 rings (SSSR count). The Labute approximate surface area is 103 Å². The lowest BCUT2D eigenvalue weighted by Crippen LogP contribution is -2.10. The highest BCUT2D eigenvalue weighted by Crippen LogP contribution is 2.36. The summed E-state index contributed by atoms with van der Waals surface area (Å²) in [6.07, 6.45) is 4.53. The van der Waals surface area contributed by atoms with Gasteiger partial charge in [0.2, 0.25) is 0 Å². The number of pyridine rings is 1. The molecule has 1 heterocycles. The van der Waals surface area contributed by atoms with E-state index in [1.807, 2.05) is 19.9 Å². The van der Waals surface area contributed by atoms with Gasteiger partial charge in [0.05, 0.1) is 15.8 Å². The average molecular weight is 319 g/mol. The Balaban J connectivity index is 2.21. The molecule has 0 saturated heterocycles. The first-order valence-electron chi connectivity index (χ1n) is 5.14. The van der Waals surface area contributed by atoms with Crippen molar-refractivity contribution in [2.24, 2.45) is 0 Å². The van der Waals surface area contributed by atoms with Crippen molar-refractivity contribution >= 4 is 22.6 Å². The predicted molar refractivity (Wildman–Crippen MR) is 66.4 cm³/mol. The van der Waals surface area contributed by atoms with E-state index >= 15 is 0 Å². The lowest BCUT2D eigenvalue weighted by Gasteiger charge is -2.14. The van der Waals surface area contributed by atoms with Gasteiger partial charge in [0.25, 0.3) is 5.88 Å². The third-order valence-corrected chi connectivity index (χ3v) is 2.83. The van der Waals surface area contributed by atoms with Crippen LogP contribution in [0, 0.1) is 3.57 Å². The minimum absolute atomic E-state index is 0.122. The molecule has 0 amide bonds. The van der Waals surface area contributed by atoms with Crippen LogP contribution in [0.3, 0.4) is 0 Å². The fourth-order valence-corrected chi connectivity index (χ4v) is 1.69. The second kappa shape index (κ2) is 4.55. The maximum Gasteiger partial charge on any atom is 0.258 e. The Kier molecular flexibility index (Phi) is 3.33. The van der Waals surface area contributed by atoms with Crippen molar-refractivity contribution in [3.8, 4) is 11.6 Å². The van der Waals surface area contributed by atoms with Gasteiger partial charge in [-0.2, -0.15) is 0 Å². The molecule has 0 aromatic carbocycles. The summed E-state index contributed by atoms with van der Waals surface area (Å²) in [4.78, 5) is 4.21. The standard InChI is InChI=1S/C11H14INO2/c1-7(2)14-11-10(15-8-3-4-8)9(12)5-6-13-11/h5-8H,3-4H2,1-2H3. The molecule has 0 N–H and O–H groups in total. The van der Waals surface area contributed by atoms with Crippen molar-refractivity contribution in [1.82, 2.24) is 4.98 Å². The van der Waals surface area contributed by atoms with E-state index in [9.17, 15) is 0 Å². The molecule has 1 fully saturated rings. The summed E-state index contributed by atoms with van der Waals surface area (Å²) in [5.74, 6) is 1.41. The first kappa shape index (κ1) is 11.0. The van der Waals surface area contributed by atoms with Gasteiger partial charge >= 0.3 is 0 Å². The van der Waals surface area contributed by atoms with Gasteiger partial charge in [-0.25, -0.2) is 4.98 Å². The van der Waals surface area contributed by atoms with E-state index in [0.717, 1.165) is 22.2 Å². The van der Waals surface area contributed by atoms with Crippen LogP contribution in [-0.2, 0) is 0 Å². The molecule has 0 radical (unpaired) electrons. The van der Waals surface area contributed by atoms with Gasteiger partial charge in [0.15, 0.2) is 5.75 Å². The number of rotatable bonds is 4. The summed E-state index contributed by atoms with van der Waals surface area (Å²) in [5, 5.41) is 0. The summed E-state index contributed by atoms with van der Waals surface area (Å²) in [5.41, 5.74) is 0. The molecule has 1 aromatic rings. The van der Waals surface area contributed by atoms with Crippen molar-refractivity contribution in [2.75, 3.05) is 0 Å². The Hall–Kier alpha value is -0.520. The fraction of sp³-hybridized carbons (Fsp3) is 0.545. The zero-order valence-electron chi connectivity index (χ0n) is 8.87. The van der Waals surface area contributed by atoms with Crippen LogP contribution in [0.2, 0.25) is 0 Å². The fourth-order valence-electron chi connectivity index (χ4n) is 1.17. The SMILES string of the molecule is CC(C)Oc1nccc(I)c1OC1CC1. The second-order valence-electron chi connectivity index (χ2n) is 3.91. The highest BCUT2D eigenvalue weighted by atomic mass is 127. The molecule has 1 aromatic heterocycles. The van der Waals surface area contributed by atoms with Crippen LogP contribution < -0.4 is 9.47 Å². The summed E-state index contributed by atoms with van der Waals surface area (Å²) in [6, 6.07) is 1.94. The molecule has 4 heteroatoms. The molecular weight excluding hydrogens is 305 g/mol. The zero-order chi connectivity index (χ0) is 10.8. The van der Waals surface area contributed by atoms with Crippen molar-refractivity contribution in [2.45, 2.75) is 38.9 Å². The Morgan fingerprint density at radius 1 is 1.47 bits per heavy atom.